The van der Waals surface area contributed by atoms with Crippen molar-refractivity contribution < 1.29 is 4.79 Å². The van der Waals surface area contributed by atoms with Crippen LogP contribution in [0, 0.1) is 0 Å². The fraction of sp³-hybridized carbons (Fsp3) is 0.429. The van der Waals surface area contributed by atoms with E-state index in [1.807, 2.05) is 43.3 Å². The summed E-state index contributed by atoms with van der Waals surface area (Å²) < 4.78 is 3.87. The van der Waals surface area contributed by atoms with Gasteiger partial charge in [0.1, 0.15) is 5.82 Å². The van der Waals surface area contributed by atoms with Crippen molar-refractivity contribution in [2.45, 2.75) is 30.9 Å². The highest BCUT2D eigenvalue weighted by Gasteiger charge is 2.22. The maximum Gasteiger partial charge on any atom is 0.225 e. The molecule has 3 heterocycles. The van der Waals surface area contributed by atoms with E-state index in [0.29, 0.717) is 6.42 Å². The van der Waals surface area contributed by atoms with E-state index in [9.17, 15) is 4.79 Å². The lowest BCUT2D eigenvalue weighted by Gasteiger charge is -2.08. The van der Waals surface area contributed by atoms with Crippen molar-refractivity contribution in [3.63, 3.8) is 0 Å². The average molecular weight is 290 g/mol. The van der Waals surface area contributed by atoms with Gasteiger partial charge in [0.2, 0.25) is 5.91 Å². The summed E-state index contributed by atoms with van der Waals surface area (Å²) in [5.41, 5.74) is 2.30. The number of hydrogen-bond donors (Lipinski definition) is 1. The molecule has 1 aliphatic heterocycles. The molecule has 0 spiro atoms. The number of hydrogen-bond acceptors (Lipinski definition) is 3. The third-order valence-electron chi connectivity index (χ3n) is 3.46. The van der Waals surface area contributed by atoms with Crippen LogP contribution in [-0.4, -0.2) is 20.3 Å². The van der Waals surface area contributed by atoms with E-state index < -0.39 is 0 Å². The molecule has 0 saturated carbocycles. The van der Waals surface area contributed by atoms with Crippen LogP contribution in [0.15, 0.2) is 24.5 Å². The molecule has 20 heavy (non-hydrogen) atoms. The Bertz CT molecular complexity index is 603. The fourth-order valence-electron chi connectivity index (χ4n) is 2.43. The Morgan fingerprint density at radius 2 is 2.20 bits per heavy atom. The third-order valence-corrected chi connectivity index (χ3v) is 4.43. The quantitative estimate of drug-likeness (QED) is 0.920. The maximum atomic E-state index is 12.0. The Kier molecular flexibility index (Phi) is 3.82. The zero-order valence-electron chi connectivity index (χ0n) is 11.5. The van der Waals surface area contributed by atoms with Crippen molar-refractivity contribution in [3.05, 3.63) is 35.8 Å². The molecule has 6 heteroatoms. The molecule has 0 unspecified atom stereocenters. The summed E-state index contributed by atoms with van der Waals surface area (Å²) in [5, 5.41) is 7.45. The van der Waals surface area contributed by atoms with E-state index in [-0.39, 0.29) is 5.91 Å². The molecule has 0 saturated heterocycles. The molecule has 5 nitrogen and oxygen atoms in total. The molecule has 0 aliphatic carbocycles. The Hall–Kier alpha value is -1.69. The monoisotopic (exact) mass is 290 g/mol. The minimum atomic E-state index is 0.0693. The Morgan fingerprint density at radius 3 is 3.00 bits per heavy atom. The van der Waals surface area contributed by atoms with Crippen molar-refractivity contribution >= 4 is 23.5 Å². The average Bonchev–Trinajstić information content (AvgIpc) is 3.11. The van der Waals surface area contributed by atoms with Gasteiger partial charge < -0.3 is 9.88 Å². The number of nitrogens with one attached hydrogen (secondary N) is 1. The van der Waals surface area contributed by atoms with Crippen LogP contribution in [0.5, 0.6) is 0 Å². The second kappa shape index (κ2) is 5.75. The molecular weight excluding hydrogens is 272 g/mol. The number of aryl methyl sites for hydroxylation is 2. The van der Waals surface area contributed by atoms with Gasteiger partial charge in [-0.05, 0) is 18.6 Å². The highest BCUT2D eigenvalue weighted by Crippen LogP contribution is 2.34. The first-order chi connectivity index (χ1) is 9.74. The van der Waals surface area contributed by atoms with Gasteiger partial charge >= 0.3 is 0 Å². The molecule has 1 amide bonds. The Balaban J connectivity index is 1.54. The van der Waals surface area contributed by atoms with Gasteiger partial charge in [0, 0.05) is 49.5 Å². The zero-order valence-corrected chi connectivity index (χ0v) is 12.3. The number of aromatic nitrogens is 3. The molecule has 106 valence electrons. The molecule has 3 rings (SSSR count). The molecule has 0 fully saturated rings. The van der Waals surface area contributed by atoms with Crippen molar-refractivity contribution in [1.82, 2.24) is 14.3 Å². The molecule has 0 atom stereocenters. The number of thioether (sulfide) groups is 1. The summed E-state index contributed by atoms with van der Waals surface area (Å²) in [4.78, 5) is 12.0. The third kappa shape index (κ3) is 2.75. The second-order valence-electron chi connectivity index (χ2n) is 4.96. The van der Waals surface area contributed by atoms with E-state index in [4.69, 9.17) is 0 Å². The predicted octanol–water partition coefficient (Wildman–Crippen LogP) is 2.39. The molecule has 0 bridgehead atoms. The van der Waals surface area contributed by atoms with Crippen LogP contribution >= 0.6 is 11.8 Å². The topological polar surface area (TPSA) is 51.9 Å². The van der Waals surface area contributed by atoms with Crippen molar-refractivity contribution in [1.29, 1.82) is 0 Å². The van der Waals surface area contributed by atoms with Crippen LogP contribution in [0.4, 0.5) is 5.82 Å². The lowest BCUT2D eigenvalue weighted by atomic mass is 10.2. The number of fused-ring (bicyclic) bond motifs is 1. The lowest BCUT2D eigenvalue weighted by molar-refractivity contribution is -0.116. The van der Waals surface area contributed by atoms with Crippen LogP contribution in [0.1, 0.15) is 24.1 Å². The summed E-state index contributed by atoms with van der Waals surface area (Å²) in [6, 6.07) is 3.99. The number of carbonyl (C=O) groups excluding carboxylic acids is 1. The maximum absolute atomic E-state index is 12.0. The summed E-state index contributed by atoms with van der Waals surface area (Å²) in [5.74, 6) is 2.84. The first-order valence-corrected chi connectivity index (χ1v) is 7.92. The van der Waals surface area contributed by atoms with Gasteiger partial charge in [0.05, 0.1) is 5.69 Å². The van der Waals surface area contributed by atoms with Crippen molar-refractivity contribution in [3.8, 4) is 0 Å². The SMILES string of the molecule is Cn1nc2c(c1NC(=O)CCCn1cccc1)CSC2. The van der Waals surface area contributed by atoms with Gasteiger partial charge in [0.15, 0.2) is 0 Å². The number of anilines is 1. The van der Waals surface area contributed by atoms with Crippen LogP contribution in [-0.2, 0) is 29.9 Å². The van der Waals surface area contributed by atoms with E-state index in [2.05, 4.69) is 15.0 Å². The second-order valence-corrected chi connectivity index (χ2v) is 5.95. The van der Waals surface area contributed by atoms with E-state index >= 15 is 0 Å². The summed E-state index contributed by atoms with van der Waals surface area (Å²) in [6.07, 6.45) is 5.41. The van der Waals surface area contributed by atoms with Gasteiger partial charge in [-0.1, -0.05) is 0 Å². The predicted molar refractivity (Wildman–Crippen MR) is 80.5 cm³/mol. The van der Waals surface area contributed by atoms with E-state index in [1.165, 1.54) is 5.56 Å². The Morgan fingerprint density at radius 1 is 1.40 bits per heavy atom. The highest BCUT2D eigenvalue weighted by molar-refractivity contribution is 7.98. The van der Waals surface area contributed by atoms with Gasteiger partial charge in [-0.2, -0.15) is 16.9 Å². The molecule has 0 aromatic carbocycles. The molecule has 1 aliphatic rings. The van der Waals surface area contributed by atoms with Gasteiger partial charge in [0.25, 0.3) is 0 Å². The molecule has 0 radical (unpaired) electrons. The van der Waals surface area contributed by atoms with E-state index in [1.54, 1.807) is 4.68 Å². The minimum Gasteiger partial charge on any atom is -0.354 e. The molecule has 2 aromatic heterocycles. The summed E-state index contributed by atoms with van der Waals surface area (Å²) >= 11 is 1.85. The standard InChI is InChI=1S/C14H18N4OS/c1-17-14(11-9-20-10-12(11)16-17)15-13(19)5-4-8-18-6-2-3-7-18/h2-3,6-7H,4-5,8-10H2,1H3,(H,15,19). The fourth-order valence-corrected chi connectivity index (χ4v) is 3.47. The molecule has 2 aromatic rings. The largest absolute Gasteiger partial charge is 0.354 e. The number of carbonyl (C=O) groups is 1. The normalized spacial score (nSPS) is 13.4. The lowest BCUT2D eigenvalue weighted by Crippen LogP contribution is -2.15. The summed E-state index contributed by atoms with van der Waals surface area (Å²) in [6.45, 7) is 0.875. The zero-order chi connectivity index (χ0) is 13.9. The summed E-state index contributed by atoms with van der Waals surface area (Å²) in [7, 11) is 1.89. The van der Waals surface area contributed by atoms with Crippen molar-refractivity contribution in [2.24, 2.45) is 7.05 Å². The van der Waals surface area contributed by atoms with Crippen LogP contribution in [0.2, 0.25) is 0 Å². The minimum absolute atomic E-state index is 0.0693. The van der Waals surface area contributed by atoms with E-state index in [0.717, 1.165) is 36.0 Å². The molecular formula is C14H18N4OS. The molecule has 1 N–H and O–H groups in total. The Labute approximate surface area is 122 Å². The van der Waals surface area contributed by atoms with Crippen LogP contribution in [0.25, 0.3) is 0 Å². The number of amides is 1. The first kappa shape index (κ1) is 13.3. The first-order valence-electron chi connectivity index (χ1n) is 6.77. The van der Waals surface area contributed by atoms with Crippen LogP contribution < -0.4 is 5.32 Å². The van der Waals surface area contributed by atoms with Gasteiger partial charge in [-0.25, -0.2) is 0 Å². The van der Waals surface area contributed by atoms with Gasteiger partial charge in [-0.3, -0.25) is 9.48 Å². The van der Waals surface area contributed by atoms with Crippen molar-refractivity contribution in [2.75, 3.05) is 5.32 Å². The number of nitrogens with zero attached hydrogens (tertiary/aromatic N) is 3. The van der Waals surface area contributed by atoms with Gasteiger partial charge in [-0.15, -0.1) is 0 Å². The van der Waals surface area contributed by atoms with Crippen LogP contribution in [0.3, 0.4) is 0 Å². The highest BCUT2D eigenvalue weighted by atomic mass is 32.2. The number of rotatable bonds is 5. The smallest absolute Gasteiger partial charge is 0.225 e.